The second kappa shape index (κ2) is 7.43. The van der Waals surface area contributed by atoms with Gasteiger partial charge in [0.25, 0.3) is 0 Å². The zero-order valence-corrected chi connectivity index (χ0v) is 5.26. The summed E-state index contributed by atoms with van der Waals surface area (Å²) in [5, 5.41) is 0. The monoisotopic (exact) mass is 130 g/mol. The molecule has 0 aliphatic carbocycles. The van der Waals surface area contributed by atoms with Crippen LogP contribution in [0, 0.1) is 7.11 Å². The van der Waals surface area contributed by atoms with Crippen molar-refractivity contribution in [2.24, 2.45) is 0 Å². The van der Waals surface area contributed by atoms with Gasteiger partial charge in [-0.05, 0) is 12.8 Å². The Bertz CT molecular complexity index is 63.3. The van der Waals surface area contributed by atoms with Gasteiger partial charge in [0.2, 0.25) is 0 Å². The van der Waals surface area contributed by atoms with Crippen molar-refractivity contribution in [3.05, 3.63) is 7.11 Å². The molecule has 3 nitrogen and oxygen atoms in total. The van der Waals surface area contributed by atoms with Crippen LogP contribution in [0.4, 0.5) is 0 Å². The molecule has 0 aromatic rings. The second-order valence-corrected chi connectivity index (χ2v) is 1.55. The van der Waals surface area contributed by atoms with Crippen LogP contribution in [0.25, 0.3) is 0 Å². The quantitative estimate of drug-likeness (QED) is 0.495. The Hall–Kier alpha value is -0.570. The van der Waals surface area contributed by atoms with Crippen molar-refractivity contribution >= 4 is 6.47 Å². The molecule has 0 aromatic carbocycles. The molecule has 0 aromatic heterocycles. The van der Waals surface area contributed by atoms with Crippen molar-refractivity contribution in [3.8, 4) is 0 Å². The lowest BCUT2D eigenvalue weighted by Crippen LogP contribution is -1.94. The minimum atomic E-state index is 0.423. The van der Waals surface area contributed by atoms with E-state index in [9.17, 15) is 4.79 Å². The lowest BCUT2D eigenvalue weighted by atomic mass is 10.3. The summed E-state index contributed by atoms with van der Waals surface area (Å²) in [6.45, 7) is 2.37. The van der Waals surface area contributed by atoms with Gasteiger partial charge in [-0.2, -0.15) is 0 Å². The summed E-state index contributed by atoms with van der Waals surface area (Å²) in [6.07, 6.45) is 1.68. The Morgan fingerprint density at radius 3 is 2.56 bits per heavy atom. The zero-order valence-electron chi connectivity index (χ0n) is 5.26. The van der Waals surface area contributed by atoms with E-state index in [4.69, 9.17) is 0 Å². The van der Waals surface area contributed by atoms with E-state index in [1.54, 1.807) is 0 Å². The van der Waals surface area contributed by atoms with Gasteiger partial charge in [0, 0.05) is 6.61 Å². The van der Waals surface area contributed by atoms with Crippen molar-refractivity contribution in [1.29, 1.82) is 0 Å². The number of unbranched alkanes of at least 4 members (excludes halogenated alkanes) is 1. The molecule has 0 saturated carbocycles. The highest BCUT2D eigenvalue weighted by Crippen LogP contribution is 1.88. The van der Waals surface area contributed by atoms with Crippen molar-refractivity contribution < 1.29 is 14.3 Å². The van der Waals surface area contributed by atoms with Gasteiger partial charge in [0.15, 0.2) is 0 Å². The van der Waals surface area contributed by atoms with Crippen LogP contribution in [0.3, 0.4) is 0 Å². The molecule has 0 rings (SSSR count). The maximum Gasteiger partial charge on any atom is 0.417 e. The molecule has 9 heavy (non-hydrogen) atoms. The van der Waals surface area contributed by atoms with E-state index >= 15 is 0 Å². The van der Waals surface area contributed by atoms with Crippen molar-refractivity contribution in [2.45, 2.75) is 12.8 Å². The van der Waals surface area contributed by atoms with Gasteiger partial charge in [0.1, 0.15) is 0 Å². The summed E-state index contributed by atoms with van der Waals surface area (Å²) in [4.78, 5) is 9.45. The molecular weight excluding hydrogens is 120 g/mol. The zero-order chi connectivity index (χ0) is 6.95. The minimum absolute atomic E-state index is 0.423. The molecule has 3 heteroatoms. The molecule has 0 heterocycles. The summed E-state index contributed by atoms with van der Waals surface area (Å²) in [5.41, 5.74) is 0. The maximum absolute atomic E-state index is 9.45. The SMILES string of the molecule is [CH2]OCCCCO[C]=O. The molecule has 0 saturated heterocycles. The van der Waals surface area contributed by atoms with E-state index in [1.165, 1.54) is 6.47 Å². The highest BCUT2D eigenvalue weighted by Gasteiger charge is 1.86. The fraction of sp³-hybridized carbons (Fsp3) is 0.667. The fourth-order valence-corrected chi connectivity index (χ4v) is 0.420. The highest BCUT2D eigenvalue weighted by atomic mass is 16.5. The van der Waals surface area contributed by atoms with Crippen LogP contribution in [0.1, 0.15) is 12.8 Å². The minimum Gasteiger partial charge on any atom is -0.457 e. The predicted octanol–water partition coefficient (Wildman–Crippen LogP) is 0.659. The largest absolute Gasteiger partial charge is 0.457 e. The normalized spacial score (nSPS) is 9.00. The summed E-state index contributed by atoms with van der Waals surface area (Å²) < 4.78 is 8.82. The van der Waals surface area contributed by atoms with Crippen LogP contribution in [-0.4, -0.2) is 19.7 Å². The smallest absolute Gasteiger partial charge is 0.417 e. The molecule has 0 amide bonds. The fourth-order valence-electron chi connectivity index (χ4n) is 0.420. The molecule has 0 aliphatic heterocycles. The number of hydrogen-bond acceptors (Lipinski definition) is 3. The molecule has 0 aliphatic rings. The van der Waals surface area contributed by atoms with Crippen LogP contribution >= 0.6 is 0 Å². The molecule has 0 unspecified atom stereocenters. The van der Waals surface area contributed by atoms with E-state index in [0.29, 0.717) is 13.2 Å². The van der Waals surface area contributed by atoms with Crippen LogP contribution in [0.15, 0.2) is 0 Å². The third-order valence-corrected chi connectivity index (χ3v) is 0.844. The first-order valence-corrected chi connectivity index (χ1v) is 2.77. The number of hydrogen-bond donors (Lipinski definition) is 0. The van der Waals surface area contributed by atoms with E-state index in [2.05, 4.69) is 16.6 Å². The van der Waals surface area contributed by atoms with Gasteiger partial charge < -0.3 is 9.47 Å². The average Bonchev–Trinajstić information content (AvgIpc) is 1.89. The number of rotatable bonds is 6. The average molecular weight is 130 g/mol. The van der Waals surface area contributed by atoms with E-state index in [0.717, 1.165) is 12.8 Å². The van der Waals surface area contributed by atoms with E-state index in [1.807, 2.05) is 0 Å². The molecule has 0 N–H and O–H groups in total. The lowest BCUT2D eigenvalue weighted by molar-refractivity contribution is 0.213. The summed E-state index contributed by atoms with van der Waals surface area (Å²) >= 11 is 0. The standard InChI is InChI=1S/C6H10O3/c1-8-4-2-3-5-9-6-7/h1-5H2. The topological polar surface area (TPSA) is 35.5 Å². The van der Waals surface area contributed by atoms with Gasteiger partial charge in [-0.1, -0.05) is 0 Å². The first kappa shape index (κ1) is 8.43. The summed E-state index contributed by atoms with van der Waals surface area (Å²) in [5.74, 6) is 0. The van der Waals surface area contributed by atoms with Gasteiger partial charge >= 0.3 is 6.47 Å². The summed E-state index contributed by atoms with van der Waals surface area (Å²) in [6, 6.07) is 0. The molecule has 2 radical (unpaired) electrons. The molecule has 0 atom stereocenters. The van der Waals surface area contributed by atoms with E-state index < -0.39 is 0 Å². The third kappa shape index (κ3) is 7.43. The van der Waals surface area contributed by atoms with Gasteiger partial charge in [-0.15, -0.1) is 0 Å². The Morgan fingerprint density at radius 1 is 1.33 bits per heavy atom. The third-order valence-electron chi connectivity index (χ3n) is 0.844. The maximum atomic E-state index is 9.45. The Labute approximate surface area is 55.0 Å². The van der Waals surface area contributed by atoms with Gasteiger partial charge in [0.05, 0.1) is 13.7 Å². The first-order valence-electron chi connectivity index (χ1n) is 2.77. The van der Waals surface area contributed by atoms with Crippen molar-refractivity contribution in [1.82, 2.24) is 0 Å². The summed E-state index contributed by atoms with van der Waals surface area (Å²) in [7, 11) is 3.19. The van der Waals surface area contributed by atoms with Crippen LogP contribution in [0.2, 0.25) is 0 Å². The van der Waals surface area contributed by atoms with Crippen LogP contribution in [-0.2, 0) is 14.3 Å². The Kier molecular flexibility index (Phi) is 6.96. The first-order chi connectivity index (χ1) is 4.41. The van der Waals surface area contributed by atoms with E-state index in [-0.39, 0.29) is 0 Å². The van der Waals surface area contributed by atoms with Crippen LogP contribution in [0.5, 0.6) is 0 Å². The van der Waals surface area contributed by atoms with Crippen molar-refractivity contribution in [2.75, 3.05) is 13.2 Å². The van der Waals surface area contributed by atoms with Crippen molar-refractivity contribution in [3.63, 3.8) is 0 Å². The highest BCUT2D eigenvalue weighted by molar-refractivity contribution is 5.37. The predicted molar refractivity (Wildman–Crippen MR) is 32.2 cm³/mol. The van der Waals surface area contributed by atoms with Crippen LogP contribution < -0.4 is 0 Å². The Balaban J connectivity index is 2.66. The Morgan fingerprint density at radius 2 is 2.00 bits per heavy atom. The number of carbonyl (C=O) groups excluding carboxylic acids is 1. The second-order valence-electron chi connectivity index (χ2n) is 1.55. The molecular formula is C6H10O3. The lowest BCUT2D eigenvalue weighted by Gasteiger charge is -1.95. The molecule has 0 bridgehead atoms. The number of ether oxygens (including phenoxy) is 2. The molecule has 0 fully saturated rings. The van der Waals surface area contributed by atoms with Gasteiger partial charge in [-0.25, -0.2) is 4.79 Å². The van der Waals surface area contributed by atoms with Gasteiger partial charge in [-0.3, -0.25) is 0 Å². The molecule has 0 spiro atoms. The molecule has 52 valence electrons.